The maximum absolute atomic E-state index is 12.0. The molecule has 0 aromatic heterocycles. The van der Waals surface area contributed by atoms with Crippen LogP contribution in [-0.2, 0) is 14.4 Å². The molecule has 0 aliphatic heterocycles. The van der Waals surface area contributed by atoms with E-state index in [1.54, 1.807) is 12.2 Å². The molecule has 0 amide bonds. The van der Waals surface area contributed by atoms with E-state index in [0.29, 0.717) is 25.7 Å². The van der Waals surface area contributed by atoms with Gasteiger partial charge in [0.05, 0.1) is 12.5 Å². The molecular formula is C20H30O5. The lowest BCUT2D eigenvalue weighted by Gasteiger charge is -2.12. The van der Waals surface area contributed by atoms with Crippen molar-refractivity contribution in [3.63, 3.8) is 0 Å². The van der Waals surface area contributed by atoms with Gasteiger partial charge in [-0.15, -0.1) is 0 Å². The van der Waals surface area contributed by atoms with E-state index >= 15 is 0 Å². The minimum atomic E-state index is -0.812. The predicted molar refractivity (Wildman–Crippen MR) is 96.1 cm³/mol. The van der Waals surface area contributed by atoms with Crippen LogP contribution < -0.4 is 0 Å². The monoisotopic (exact) mass is 350 g/mol. The minimum Gasteiger partial charge on any atom is -0.481 e. The van der Waals surface area contributed by atoms with Gasteiger partial charge in [0.15, 0.2) is 0 Å². The van der Waals surface area contributed by atoms with Gasteiger partial charge in [-0.1, -0.05) is 50.5 Å². The Hall–Kier alpha value is -1.75. The number of allylic oxidation sites excluding steroid dienone is 3. The van der Waals surface area contributed by atoms with Crippen molar-refractivity contribution in [3.05, 3.63) is 24.3 Å². The zero-order chi connectivity index (χ0) is 18.7. The highest BCUT2D eigenvalue weighted by Gasteiger charge is 2.38. The van der Waals surface area contributed by atoms with Gasteiger partial charge >= 0.3 is 5.97 Å². The summed E-state index contributed by atoms with van der Waals surface area (Å²) >= 11 is 0. The highest BCUT2D eigenvalue weighted by atomic mass is 16.4. The van der Waals surface area contributed by atoms with E-state index in [1.807, 2.05) is 12.2 Å². The quantitative estimate of drug-likeness (QED) is 0.319. The molecule has 3 atom stereocenters. The average molecular weight is 350 g/mol. The molecule has 0 heterocycles. The van der Waals surface area contributed by atoms with Crippen LogP contribution in [0.4, 0.5) is 0 Å². The summed E-state index contributed by atoms with van der Waals surface area (Å²) in [5, 5.41) is 18.5. The summed E-state index contributed by atoms with van der Waals surface area (Å²) in [6, 6.07) is 0. The number of rotatable bonds is 12. The Morgan fingerprint density at radius 2 is 1.96 bits per heavy atom. The maximum atomic E-state index is 12.0. The molecule has 140 valence electrons. The number of hydrogen-bond acceptors (Lipinski definition) is 4. The number of aliphatic hydroxyl groups excluding tert-OH is 1. The Bertz CT molecular complexity index is 506. The first-order valence-corrected chi connectivity index (χ1v) is 9.24. The third-order valence-corrected chi connectivity index (χ3v) is 4.53. The molecule has 2 N–H and O–H groups in total. The van der Waals surface area contributed by atoms with Crippen molar-refractivity contribution in [2.45, 2.75) is 70.8 Å². The molecule has 0 bridgehead atoms. The lowest BCUT2D eigenvalue weighted by molar-refractivity contribution is -0.137. The maximum Gasteiger partial charge on any atom is 0.303 e. The van der Waals surface area contributed by atoms with Crippen LogP contribution in [0.5, 0.6) is 0 Å². The fourth-order valence-corrected chi connectivity index (χ4v) is 3.04. The number of carbonyl (C=O) groups is 3. The summed E-state index contributed by atoms with van der Waals surface area (Å²) in [5.74, 6) is -1.74. The van der Waals surface area contributed by atoms with Gasteiger partial charge in [0.2, 0.25) is 0 Å². The molecule has 25 heavy (non-hydrogen) atoms. The lowest BCUT2D eigenvalue weighted by atomic mass is 9.90. The van der Waals surface area contributed by atoms with Gasteiger partial charge in [-0.25, -0.2) is 0 Å². The first kappa shape index (κ1) is 21.3. The van der Waals surface area contributed by atoms with Crippen LogP contribution >= 0.6 is 0 Å². The van der Waals surface area contributed by atoms with Crippen LogP contribution in [0.25, 0.3) is 0 Å². The Balaban J connectivity index is 2.49. The summed E-state index contributed by atoms with van der Waals surface area (Å²) in [6.45, 7) is 2.10. The predicted octanol–water partition coefficient (Wildman–Crippen LogP) is 3.46. The van der Waals surface area contributed by atoms with Gasteiger partial charge in [0, 0.05) is 18.3 Å². The summed E-state index contributed by atoms with van der Waals surface area (Å²) < 4.78 is 0. The molecule has 0 radical (unpaired) electrons. The van der Waals surface area contributed by atoms with Crippen LogP contribution in [0.3, 0.4) is 0 Å². The van der Waals surface area contributed by atoms with Gasteiger partial charge in [-0.3, -0.25) is 14.4 Å². The van der Waals surface area contributed by atoms with Crippen molar-refractivity contribution in [2.24, 2.45) is 11.8 Å². The van der Waals surface area contributed by atoms with Gasteiger partial charge in [0.1, 0.15) is 11.6 Å². The first-order chi connectivity index (χ1) is 12.0. The Labute approximate surface area is 149 Å². The number of hydrogen-bond donors (Lipinski definition) is 2. The van der Waals surface area contributed by atoms with Crippen LogP contribution in [0.15, 0.2) is 24.3 Å². The third-order valence-electron chi connectivity index (χ3n) is 4.53. The molecular weight excluding hydrogens is 320 g/mol. The van der Waals surface area contributed by atoms with E-state index in [9.17, 15) is 19.5 Å². The Morgan fingerprint density at radius 1 is 1.20 bits per heavy atom. The Morgan fingerprint density at radius 3 is 2.64 bits per heavy atom. The van der Waals surface area contributed by atoms with Crippen molar-refractivity contribution in [3.8, 4) is 0 Å². The average Bonchev–Trinajstić information content (AvgIpc) is 2.82. The number of Topliss-reactive ketones (excluding diaryl/α,β-unsaturated/α-hetero) is 2. The summed E-state index contributed by atoms with van der Waals surface area (Å²) in [6.07, 6.45) is 12.1. The molecule has 1 fully saturated rings. The van der Waals surface area contributed by atoms with Crippen LogP contribution in [-0.4, -0.2) is 33.9 Å². The number of ketones is 2. The number of carboxylic acids is 1. The fraction of sp³-hybridized carbons (Fsp3) is 0.650. The highest BCUT2D eigenvalue weighted by molar-refractivity contribution is 6.09. The molecule has 5 nitrogen and oxygen atoms in total. The molecule has 1 aliphatic rings. The second-order valence-electron chi connectivity index (χ2n) is 6.68. The topological polar surface area (TPSA) is 91.7 Å². The zero-order valence-electron chi connectivity index (χ0n) is 15.0. The number of aliphatic hydroxyl groups is 1. The minimum absolute atomic E-state index is 0.0293. The molecule has 5 heteroatoms. The largest absolute Gasteiger partial charge is 0.481 e. The van der Waals surface area contributed by atoms with Crippen molar-refractivity contribution < 1.29 is 24.6 Å². The van der Waals surface area contributed by atoms with Gasteiger partial charge < -0.3 is 10.2 Å². The number of aliphatic carboxylic acids is 1. The molecule has 1 rings (SSSR count). The van der Waals surface area contributed by atoms with Crippen molar-refractivity contribution in [1.82, 2.24) is 0 Å². The summed E-state index contributed by atoms with van der Waals surface area (Å²) in [7, 11) is 0. The summed E-state index contributed by atoms with van der Waals surface area (Å²) in [5.41, 5.74) is 0. The first-order valence-electron chi connectivity index (χ1n) is 9.24. The van der Waals surface area contributed by atoms with E-state index < -0.39 is 18.0 Å². The second-order valence-corrected chi connectivity index (χ2v) is 6.68. The fourth-order valence-electron chi connectivity index (χ4n) is 3.04. The lowest BCUT2D eigenvalue weighted by Crippen LogP contribution is -2.16. The molecule has 1 aliphatic carbocycles. The van der Waals surface area contributed by atoms with Crippen molar-refractivity contribution >= 4 is 17.5 Å². The van der Waals surface area contributed by atoms with E-state index in [0.717, 1.165) is 19.3 Å². The highest BCUT2D eigenvalue weighted by Crippen LogP contribution is 2.30. The van der Waals surface area contributed by atoms with Crippen molar-refractivity contribution in [2.75, 3.05) is 0 Å². The zero-order valence-corrected chi connectivity index (χ0v) is 15.0. The molecule has 0 unspecified atom stereocenters. The van der Waals surface area contributed by atoms with E-state index in [-0.39, 0.29) is 30.3 Å². The van der Waals surface area contributed by atoms with Crippen LogP contribution in [0, 0.1) is 11.8 Å². The van der Waals surface area contributed by atoms with Crippen molar-refractivity contribution in [1.29, 1.82) is 0 Å². The second kappa shape index (κ2) is 11.7. The number of unbranched alkanes of at least 4 members (excludes halogenated alkanes) is 3. The van der Waals surface area contributed by atoms with Gasteiger partial charge in [-0.05, 0) is 25.7 Å². The van der Waals surface area contributed by atoms with Gasteiger partial charge in [-0.2, -0.15) is 0 Å². The van der Waals surface area contributed by atoms with Gasteiger partial charge in [0.25, 0.3) is 0 Å². The smallest absolute Gasteiger partial charge is 0.303 e. The Kier molecular flexibility index (Phi) is 10.0. The van der Waals surface area contributed by atoms with Crippen LogP contribution in [0.2, 0.25) is 0 Å². The standard InChI is InChI=1S/C20H30O5/c1-2-3-6-9-15(21)12-13-17-16(18(22)14-19(17)23)10-7-4-5-8-11-20(24)25/h4,7,12-13,15-17,21H,2-3,5-6,8-11,14H2,1H3,(H,24,25)/t15-,16+,17+/m0/s1. The van der Waals surface area contributed by atoms with E-state index in [2.05, 4.69) is 6.92 Å². The molecule has 0 aromatic rings. The normalized spacial score (nSPS) is 22.3. The SMILES string of the molecule is CCCCC[C@H](O)C=C[C@H]1C(=O)CC(=O)[C@@H]1CC=CCCCC(=O)O. The molecule has 0 spiro atoms. The molecule has 1 saturated carbocycles. The third kappa shape index (κ3) is 8.25. The molecule has 0 saturated heterocycles. The summed E-state index contributed by atoms with van der Waals surface area (Å²) in [4.78, 5) is 34.5. The van der Waals surface area contributed by atoms with E-state index in [1.165, 1.54) is 0 Å². The van der Waals surface area contributed by atoms with Crippen LogP contribution in [0.1, 0.15) is 64.7 Å². The number of carboxylic acid groups (broad SMARTS) is 1. The number of carbonyl (C=O) groups excluding carboxylic acids is 2. The molecule has 0 aromatic carbocycles. The van der Waals surface area contributed by atoms with E-state index in [4.69, 9.17) is 5.11 Å².